The van der Waals surface area contributed by atoms with Crippen LogP contribution in [0.3, 0.4) is 0 Å². The molecule has 31 heavy (non-hydrogen) atoms. The molecule has 2 heterocycles. The van der Waals surface area contributed by atoms with E-state index in [4.69, 9.17) is 0 Å². The average Bonchev–Trinajstić information content (AvgIpc) is 3.04. The Morgan fingerprint density at radius 2 is 1.87 bits per heavy atom. The van der Waals surface area contributed by atoms with Crippen molar-refractivity contribution in [1.82, 2.24) is 20.0 Å². The van der Waals surface area contributed by atoms with Crippen molar-refractivity contribution in [3.8, 4) is 11.3 Å². The highest BCUT2D eigenvalue weighted by atomic mass is 19.4. The fraction of sp³-hybridized carbons (Fsp3) is 0.476. The number of H-pyrrole nitrogens is 1. The summed E-state index contributed by atoms with van der Waals surface area (Å²) in [6.07, 6.45) is -2.45. The first kappa shape index (κ1) is 22.8. The molecule has 2 amide bonds. The summed E-state index contributed by atoms with van der Waals surface area (Å²) in [5.41, 5.74) is 0.341. The van der Waals surface area contributed by atoms with E-state index < -0.39 is 11.7 Å². The van der Waals surface area contributed by atoms with E-state index >= 15 is 0 Å². The van der Waals surface area contributed by atoms with E-state index in [1.54, 1.807) is 13.0 Å². The molecule has 2 N–H and O–H groups in total. The number of nitrogens with one attached hydrogen (secondary N) is 2. The molecule has 0 saturated carbocycles. The second-order valence-corrected chi connectivity index (χ2v) is 7.59. The number of anilines is 1. The number of carbonyl (C=O) groups is 2. The van der Waals surface area contributed by atoms with Gasteiger partial charge >= 0.3 is 6.18 Å². The van der Waals surface area contributed by atoms with Crippen LogP contribution in [-0.2, 0) is 15.8 Å². The van der Waals surface area contributed by atoms with Crippen LogP contribution in [0.4, 0.5) is 19.0 Å². The molecule has 0 atom stereocenters. The van der Waals surface area contributed by atoms with E-state index in [0.717, 1.165) is 44.7 Å². The molecule has 1 aromatic heterocycles. The third-order valence-corrected chi connectivity index (χ3v) is 5.28. The molecule has 0 unspecified atom stereocenters. The van der Waals surface area contributed by atoms with Crippen LogP contribution in [0.2, 0.25) is 0 Å². The summed E-state index contributed by atoms with van der Waals surface area (Å²) in [7, 11) is 0. The molecule has 1 fully saturated rings. The van der Waals surface area contributed by atoms with Gasteiger partial charge in [-0.25, -0.2) is 0 Å². The second-order valence-electron chi connectivity index (χ2n) is 7.59. The van der Waals surface area contributed by atoms with Crippen LogP contribution in [0.5, 0.6) is 0 Å². The van der Waals surface area contributed by atoms with Gasteiger partial charge in [-0.15, -0.1) is 0 Å². The van der Waals surface area contributed by atoms with Crippen molar-refractivity contribution in [2.45, 2.75) is 32.4 Å². The number of aromatic nitrogens is 2. The smallest absolute Gasteiger partial charge is 0.342 e. The predicted octanol–water partition coefficient (Wildman–Crippen LogP) is 3.37. The molecule has 7 nitrogen and oxygen atoms in total. The predicted molar refractivity (Wildman–Crippen MR) is 110 cm³/mol. The molecule has 1 aliphatic heterocycles. The lowest BCUT2D eigenvalue weighted by Crippen LogP contribution is -2.34. The number of alkyl halides is 3. The number of rotatable bonds is 6. The van der Waals surface area contributed by atoms with Crippen molar-refractivity contribution in [3.63, 3.8) is 0 Å². The zero-order valence-corrected chi connectivity index (χ0v) is 17.3. The molecule has 0 radical (unpaired) electrons. The fourth-order valence-electron chi connectivity index (χ4n) is 3.55. The number of hydrogen-bond donors (Lipinski definition) is 2. The van der Waals surface area contributed by atoms with Gasteiger partial charge in [0.1, 0.15) is 0 Å². The lowest BCUT2D eigenvalue weighted by molar-refractivity contribution is -0.137. The normalized spacial score (nSPS) is 15.5. The van der Waals surface area contributed by atoms with Crippen LogP contribution < -0.4 is 5.32 Å². The Hall–Kier alpha value is -2.88. The monoisotopic (exact) mass is 437 g/mol. The minimum atomic E-state index is -4.38. The lowest BCUT2D eigenvalue weighted by Gasteiger charge is -2.20. The van der Waals surface area contributed by atoms with Crippen molar-refractivity contribution in [3.05, 3.63) is 35.9 Å². The van der Waals surface area contributed by atoms with Gasteiger partial charge in [0.2, 0.25) is 11.8 Å². The number of aromatic amines is 1. The number of benzene rings is 1. The molecular weight excluding hydrogens is 411 g/mol. The van der Waals surface area contributed by atoms with Crippen LogP contribution in [-0.4, -0.2) is 64.5 Å². The van der Waals surface area contributed by atoms with Gasteiger partial charge in [0.15, 0.2) is 5.82 Å². The highest BCUT2D eigenvalue weighted by Gasteiger charge is 2.30. The number of nitrogens with zero attached hydrogens (tertiary/aromatic N) is 3. The molecule has 1 aliphatic rings. The van der Waals surface area contributed by atoms with E-state index in [1.807, 2.05) is 4.90 Å². The van der Waals surface area contributed by atoms with Crippen LogP contribution >= 0.6 is 0 Å². The summed E-state index contributed by atoms with van der Waals surface area (Å²) in [4.78, 5) is 27.8. The fourth-order valence-corrected chi connectivity index (χ4v) is 3.55. The minimum absolute atomic E-state index is 0.0934. The maximum Gasteiger partial charge on any atom is 0.416 e. The van der Waals surface area contributed by atoms with Gasteiger partial charge in [-0.05, 0) is 43.6 Å². The summed E-state index contributed by atoms with van der Waals surface area (Å²) in [6, 6.07) is 6.32. The van der Waals surface area contributed by atoms with Gasteiger partial charge in [0.05, 0.1) is 11.3 Å². The van der Waals surface area contributed by atoms with Gasteiger partial charge < -0.3 is 15.1 Å². The highest BCUT2D eigenvalue weighted by molar-refractivity contribution is 5.90. The summed E-state index contributed by atoms with van der Waals surface area (Å²) >= 11 is 0. The van der Waals surface area contributed by atoms with E-state index in [1.165, 1.54) is 12.1 Å². The minimum Gasteiger partial charge on any atom is -0.342 e. The Morgan fingerprint density at radius 1 is 1.13 bits per heavy atom. The number of carbonyl (C=O) groups excluding carboxylic acids is 2. The van der Waals surface area contributed by atoms with Gasteiger partial charge in [-0.2, -0.15) is 18.3 Å². The first-order valence-electron chi connectivity index (χ1n) is 10.2. The van der Waals surface area contributed by atoms with Crippen molar-refractivity contribution in [2.24, 2.45) is 0 Å². The summed E-state index contributed by atoms with van der Waals surface area (Å²) < 4.78 is 38.0. The van der Waals surface area contributed by atoms with Crippen LogP contribution in [0.15, 0.2) is 30.3 Å². The molecule has 168 valence electrons. The number of amides is 2. The zero-order valence-electron chi connectivity index (χ0n) is 17.3. The lowest BCUT2D eigenvalue weighted by atomic mass is 10.1. The third kappa shape index (κ3) is 6.55. The largest absolute Gasteiger partial charge is 0.416 e. The van der Waals surface area contributed by atoms with Crippen molar-refractivity contribution in [1.29, 1.82) is 0 Å². The Morgan fingerprint density at radius 3 is 2.55 bits per heavy atom. The van der Waals surface area contributed by atoms with E-state index in [0.29, 0.717) is 36.5 Å². The topological polar surface area (TPSA) is 81.3 Å². The Kier molecular flexibility index (Phi) is 7.32. The second kappa shape index (κ2) is 9.95. The van der Waals surface area contributed by atoms with Gasteiger partial charge in [0.25, 0.3) is 0 Å². The van der Waals surface area contributed by atoms with Crippen molar-refractivity contribution >= 4 is 17.6 Å². The summed E-state index contributed by atoms with van der Waals surface area (Å²) in [5, 5.41) is 9.45. The van der Waals surface area contributed by atoms with Crippen LogP contribution in [0, 0.1) is 0 Å². The van der Waals surface area contributed by atoms with Gasteiger partial charge in [-0.1, -0.05) is 12.1 Å². The molecular formula is C21H26F3N5O2. The van der Waals surface area contributed by atoms with E-state index in [-0.39, 0.29) is 11.8 Å². The summed E-state index contributed by atoms with van der Waals surface area (Å²) in [5.74, 6) is 0.244. The SMILES string of the molecule is CC(=O)N1CCCN(CCCC(=O)Nc2cc(-c3ccc(C(F)(F)F)cc3)[nH]n2)CC1. The maximum atomic E-state index is 12.7. The van der Waals surface area contributed by atoms with E-state index in [2.05, 4.69) is 20.4 Å². The molecule has 1 aromatic carbocycles. The van der Waals surface area contributed by atoms with Crippen LogP contribution in [0.25, 0.3) is 11.3 Å². The molecule has 0 aliphatic carbocycles. The number of halogens is 3. The first-order chi connectivity index (χ1) is 14.7. The van der Waals surface area contributed by atoms with Gasteiger partial charge in [-0.3, -0.25) is 14.7 Å². The average molecular weight is 437 g/mol. The molecule has 10 heteroatoms. The molecule has 2 aromatic rings. The highest BCUT2D eigenvalue weighted by Crippen LogP contribution is 2.30. The Balaban J connectivity index is 1.44. The third-order valence-electron chi connectivity index (χ3n) is 5.28. The van der Waals surface area contributed by atoms with E-state index in [9.17, 15) is 22.8 Å². The molecule has 3 rings (SSSR count). The molecule has 0 spiro atoms. The van der Waals surface area contributed by atoms with Crippen molar-refractivity contribution in [2.75, 3.05) is 38.0 Å². The Labute approximate surface area is 178 Å². The quantitative estimate of drug-likeness (QED) is 0.726. The first-order valence-corrected chi connectivity index (χ1v) is 10.2. The standard InChI is InChI=1S/C21H26F3N5O2/c1-15(30)29-11-3-10-28(12-13-29)9-2-4-20(31)25-19-14-18(26-27-19)16-5-7-17(8-6-16)21(22,23)24/h5-8,14H,2-4,9-13H2,1H3,(H2,25,26,27,31). The summed E-state index contributed by atoms with van der Waals surface area (Å²) in [6.45, 7) is 5.54. The number of hydrogen-bond acceptors (Lipinski definition) is 4. The molecule has 0 bridgehead atoms. The maximum absolute atomic E-state index is 12.7. The van der Waals surface area contributed by atoms with Gasteiger partial charge in [0, 0.05) is 39.0 Å². The van der Waals surface area contributed by atoms with Crippen molar-refractivity contribution < 1.29 is 22.8 Å². The Bertz CT molecular complexity index is 895. The van der Waals surface area contributed by atoms with Crippen LogP contribution in [0.1, 0.15) is 31.7 Å². The molecule has 1 saturated heterocycles. The zero-order chi connectivity index (χ0) is 22.4.